The molecule has 0 aromatic heterocycles. The SMILES string of the molecule is COc1ccc(C(=O)NC(C)(C)CC(C)C(=O)O)c(O)c1. The first-order valence-corrected chi connectivity index (χ1v) is 6.58. The second kappa shape index (κ2) is 6.47. The number of rotatable bonds is 6. The summed E-state index contributed by atoms with van der Waals surface area (Å²) in [5.74, 6) is -1.69. The van der Waals surface area contributed by atoms with Gasteiger partial charge in [-0.15, -0.1) is 0 Å². The highest BCUT2D eigenvalue weighted by atomic mass is 16.5. The number of hydrogen-bond donors (Lipinski definition) is 3. The lowest BCUT2D eigenvalue weighted by molar-refractivity contribution is -0.141. The molecule has 0 fully saturated rings. The zero-order valence-electron chi connectivity index (χ0n) is 12.6. The van der Waals surface area contributed by atoms with Gasteiger partial charge in [0.25, 0.3) is 5.91 Å². The van der Waals surface area contributed by atoms with E-state index in [4.69, 9.17) is 9.84 Å². The Morgan fingerprint density at radius 2 is 2.00 bits per heavy atom. The lowest BCUT2D eigenvalue weighted by Gasteiger charge is -2.28. The highest BCUT2D eigenvalue weighted by molar-refractivity contribution is 5.97. The number of phenolic OH excluding ortho intramolecular Hbond substituents is 1. The second-order valence-electron chi connectivity index (χ2n) is 5.66. The third-order valence-corrected chi connectivity index (χ3v) is 3.14. The third kappa shape index (κ3) is 4.66. The number of carbonyl (C=O) groups excluding carboxylic acids is 1. The summed E-state index contributed by atoms with van der Waals surface area (Å²) in [4.78, 5) is 23.1. The molecule has 0 aliphatic heterocycles. The minimum Gasteiger partial charge on any atom is -0.507 e. The Morgan fingerprint density at radius 1 is 1.38 bits per heavy atom. The van der Waals surface area contributed by atoms with Crippen molar-refractivity contribution < 1.29 is 24.5 Å². The molecule has 1 amide bonds. The molecule has 0 saturated carbocycles. The number of aromatic hydroxyl groups is 1. The molecule has 3 N–H and O–H groups in total. The van der Waals surface area contributed by atoms with E-state index in [1.807, 2.05) is 0 Å². The van der Waals surface area contributed by atoms with E-state index >= 15 is 0 Å². The van der Waals surface area contributed by atoms with Crippen molar-refractivity contribution in [3.05, 3.63) is 23.8 Å². The number of benzene rings is 1. The molecule has 0 aliphatic rings. The van der Waals surface area contributed by atoms with E-state index in [1.54, 1.807) is 26.8 Å². The number of hydrogen-bond acceptors (Lipinski definition) is 4. The minimum absolute atomic E-state index is 0.117. The predicted molar refractivity (Wildman–Crippen MR) is 77.6 cm³/mol. The second-order valence-corrected chi connectivity index (χ2v) is 5.66. The maximum Gasteiger partial charge on any atom is 0.306 e. The van der Waals surface area contributed by atoms with Crippen molar-refractivity contribution in [1.29, 1.82) is 0 Å². The van der Waals surface area contributed by atoms with E-state index < -0.39 is 23.3 Å². The van der Waals surface area contributed by atoms with Crippen LogP contribution >= 0.6 is 0 Å². The first-order valence-electron chi connectivity index (χ1n) is 6.58. The number of carboxylic acid groups (broad SMARTS) is 1. The van der Waals surface area contributed by atoms with Gasteiger partial charge in [0.1, 0.15) is 11.5 Å². The summed E-state index contributed by atoms with van der Waals surface area (Å²) in [6.07, 6.45) is 0.283. The molecule has 116 valence electrons. The van der Waals surface area contributed by atoms with Gasteiger partial charge in [0.15, 0.2) is 0 Å². The number of nitrogens with one attached hydrogen (secondary N) is 1. The van der Waals surface area contributed by atoms with E-state index in [1.165, 1.54) is 19.2 Å². The van der Waals surface area contributed by atoms with Crippen molar-refractivity contribution >= 4 is 11.9 Å². The number of phenols is 1. The van der Waals surface area contributed by atoms with E-state index in [0.29, 0.717) is 5.75 Å². The number of carboxylic acids is 1. The summed E-state index contributed by atoms with van der Waals surface area (Å²) >= 11 is 0. The van der Waals surface area contributed by atoms with Crippen LogP contribution in [-0.4, -0.2) is 34.7 Å². The van der Waals surface area contributed by atoms with Gasteiger partial charge in [-0.2, -0.15) is 0 Å². The van der Waals surface area contributed by atoms with Crippen molar-refractivity contribution in [1.82, 2.24) is 5.32 Å². The van der Waals surface area contributed by atoms with Crippen LogP contribution in [0.15, 0.2) is 18.2 Å². The Balaban J connectivity index is 2.82. The first kappa shape index (κ1) is 16.8. The number of carbonyl (C=O) groups is 2. The van der Waals surface area contributed by atoms with Crippen molar-refractivity contribution in [2.24, 2.45) is 5.92 Å². The molecule has 1 aromatic rings. The predicted octanol–water partition coefficient (Wildman–Crippen LogP) is 2.02. The molecule has 1 rings (SSSR count). The zero-order chi connectivity index (χ0) is 16.2. The average molecular weight is 295 g/mol. The lowest BCUT2D eigenvalue weighted by Crippen LogP contribution is -2.45. The van der Waals surface area contributed by atoms with E-state index in [-0.39, 0.29) is 17.7 Å². The first-order chi connectivity index (χ1) is 9.66. The molecule has 21 heavy (non-hydrogen) atoms. The Bertz CT molecular complexity index is 539. The van der Waals surface area contributed by atoms with Crippen molar-refractivity contribution in [3.63, 3.8) is 0 Å². The summed E-state index contributed by atoms with van der Waals surface area (Å²) in [5, 5.41) is 21.5. The summed E-state index contributed by atoms with van der Waals surface area (Å²) < 4.78 is 4.95. The van der Waals surface area contributed by atoms with Gasteiger partial charge in [0.05, 0.1) is 18.6 Å². The molecule has 6 heteroatoms. The number of amides is 1. The largest absolute Gasteiger partial charge is 0.507 e. The van der Waals surface area contributed by atoms with E-state index in [0.717, 1.165) is 0 Å². The van der Waals surface area contributed by atoms with Crippen LogP contribution in [0.5, 0.6) is 11.5 Å². The van der Waals surface area contributed by atoms with Gasteiger partial charge in [0, 0.05) is 11.6 Å². The van der Waals surface area contributed by atoms with Crippen molar-refractivity contribution in [3.8, 4) is 11.5 Å². The molecule has 1 unspecified atom stereocenters. The summed E-state index contributed by atoms with van der Waals surface area (Å²) in [6, 6.07) is 4.38. The van der Waals surface area contributed by atoms with Gasteiger partial charge in [-0.25, -0.2) is 0 Å². The van der Waals surface area contributed by atoms with Crippen LogP contribution in [0.3, 0.4) is 0 Å². The fourth-order valence-electron chi connectivity index (χ4n) is 2.11. The van der Waals surface area contributed by atoms with Gasteiger partial charge < -0.3 is 20.3 Å². The Morgan fingerprint density at radius 3 is 2.48 bits per heavy atom. The van der Waals surface area contributed by atoms with Crippen LogP contribution in [0.25, 0.3) is 0 Å². The zero-order valence-corrected chi connectivity index (χ0v) is 12.6. The topological polar surface area (TPSA) is 95.9 Å². The maximum absolute atomic E-state index is 12.2. The molecule has 0 aliphatic carbocycles. The Hall–Kier alpha value is -2.24. The van der Waals surface area contributed by atoms with Crippen molar-refractivity contribution in [2.75, 3.05) is 7.11 Å². The Kier molecular flexibility index (Phi) is 5.18. The molecule has 6 nitrogen and oxygen atoms in total. The van der Waals surface area contributed by atoms with E-state index in [2.05, 4.69) is 5.32 Å². The molecule has 0 spiro atoms. The van der Waals surface area contributed by atoms with Gasteiger partial charge in [-0.05, 0) is 32.4 Å². The molecule has 0 heterocycles. The summed E-state index contributed by atoms with van der Waals surface area (Å²) in [7, 11) is 1.46. The standard InChI is InChI=1S/C15H21NO5/c1-9(14(19)20)8-15(2,3)16-13(18)11-6-5-10(21-4)7-12(11)17/h5-7,9,17H,8H2,1-4H3,(H,16,18)(H,19,20). The van der Waals surface area contributed by atoms with E-state index in [9.17, 15) is 14.7 Å². The minimum atomic E-state index is -0.912. The monoisotopic (exact) mass is 295 g/mol. The lowest BCUT2D eigenvalue weighted by atomic mass is 9.91. The van der Waals surface area contributed by atoms with Gasteiger partial charge in [-0.3, -0.25) is 9.59 Å². The molecule has 1 aromatic carbocycles. The van der Waals surface area contributed by atoms with Crippen LogP contribution in [-0.2, 0) is 4.79 Å². The molecular weight excluding hydrogens is 274 g/mol. The van der Waals surface area contributed by atoms with Crippen LogP contribution < -0.4 is 10.1 Å². The molecular formula is C15H21NO5. The number of ether oxygens (including phenoxy) is 1. The average Bonchev–Trinajstić information content (AvgIpc) is 2.36. The molecule has 0 saturated heterocycles. The molecule has 0 bridgehead atoms. The van der Waals surface area contributed by atoms with Crippen LogP contribution in [0.1, 0.15) is 37.6 Å². The van der Waals surface area contributed by atoms with Gasteiger partial charge >= 0.3 is 5.97 Å². The van der Waals surface area contributed by atoms with Gasteiger partial charge in [0.2, 0.25) is 0 Å². The Labute approximate surface area is 123 Å². The molecule has 1 atom stereocenters. The third-order valence-electron chi connectivity index (χ3n) is 3.14. The summed E-state index contributed by atoms with van der Waals surface area (Å²) in [5.41, 5.74) is -0.590. The highest BCUT2D eigenvalue weighted by Gasteiger charge is 2.27. The normalized spacial score (nSPS) is 12.6. The fraction of sp³-hybridized carbons (Fsp3) is 0.467. The number of methoxy groups -OCH3 is 1. The molecule has 0 radical (unpaired) electrons. The quantitative estimate of drug-likeness (QED) is 0.746. The van der Waals surface area contributed by atoms with Crippen LogP contribution in [0, 0.1) is 5.92 Å². The highest BCUT2D eigenvalue weighted by Crippen LogP contribution is 2.24. The van der Waals surface area contributed by atoms with Crippen LogP contribution in [0.2, 0.25) is 0 Å². The van der Waals surface area contributed by atoms with Crippen molar-refractivity contribution in [2.45, 2.75) is 32.7 Å². The summed E-state index contributed by atoms with van der Waals surface area (Å²) in [6.45, 7) is 5.07. The fourth-order valence-corrected chi connectivity index (χ4v) is 2.11. The van der Waals surface area contributed by atoms with Crippen LogP contribution in [0.4, 0.5) is 0 Å². The smallest absolute Gasteiger partial charge is 0.306 e. The number of aliphatic carboxylic acids is 1. The van der Waals surface area contributed by atoms with Gasteiger partial charge in [-0.1, -0.05) is 6.92 Å². The maximum atomic E-state index is 12.2.